The topological polar surface area (TPSA) is 95.1 Å². The molecule has 0 radical (unpaired) electrons. The Morgan fingerprint density at radius 2 is 2.16 bits per heavy atom. The van der Waals surface area contributed by atoms with Gasteiger partial charge in [0.25, 0.3) is 0 Å². The molecule has 1 fully saturated rings. The van der Waals surface area contributed by atoms with E-state index in [4.69, 9.17) is 9.15 Å². The van der Waals surface area contributed by atoms with Crippen molar-refractivity contribution < 1.29 is 13.9 Å². The Bertz CT molecular complexity index is 821. The van der Waals surface area contributed by atoms with Gasteiger partial charge in [0.15, 0.2) is 4.67 Å². The SMILES string of the molecule is CC1=C(C(=O)OC2CCCCC2)C(c2ccc(Br)o2)n2nnnc2N1. The van der Waals surface area contributed by atoms with Crippen LogP contribution in [0.3, 0.4) is 0 Å². The molecule has 9 heteroatoms. The van der Waals surface area contributed by atoms with Crippen molar-refractivity contribution in [2.45, 2.75) is 51.2 Å². The Labute approximate surface area is 152 Å². The summed E-state index contributed by atoms with van der Waals surface area (Å²) < 4.78 is 13.6. The molecule has 0 amide bonds. The summed E-state index contributed by atoms with van der Waals surface area (Å²) in [6.07, 6.45) is 5.20. The number of anilines is 1. The van der Waals surface area contributed by atoms with E-state index in [2.05, 4.69) is 36.8 Å². The molecule has 1 unspecified atom stereocenters. The van der Waals surface area contributed by atoms with Gasteiger partial charge in [-0.05, 0) is 71.1 Å². The minimum Gasteiger partial charge on any atom is -0.459 e. The lowest BCUT2D eigenvalue weighted by Gasteiger charge is -2.28. The minimum absolute atomic E-state index is 0.0270. The van der Waals surface area contributed by atoms with E-state index in [1.165, 1.54) is 11.1 Å². The van der Waals surface area contributed by atoms with Gasteiger partial charge in [-0.15, -0.1) is 0 Å². The molecule has 0 spiro atoms. The van der Waals surface area contributed by atoms with Crippen molar-refractivity contribution in [3.63, 3.8) is 0 Å². The van der Waals surface area contributed by atoms with Gasteiger partial charge in [-0.1, -0.05) is 11.5 Å². The molecule has 1 atom stereocenters. The molecule has 4 rings (SSSR count). The van der Waals surface area contributed by atoms with Crippen molar-refractivity contribution in [2.24, 2.45) is 0 Å². The van der Waals surface area contributed by atoms with Gasteiger partial charge < -0.3 is 14.5 Å². The number of aromatic nitrogens is 4. The lowest BCUT2D eigenvalue weighted by molar-refractivity contribution is -0.146. The number of hydrogen-bond donors (Lipinski definition) is 1. The van der Waals surface area contributed by atoms with E-state index in [1.807, 2.05) is 6.92 Å². The van der Waals surface area contributed by atoms with Crippen LogP contribution in [-0.4, -0.2) is 32.3 Å². The van der Waals surface area contributed by atoms with Gasteiger partial charge in [0.05, 0.1) is 5.57 Å². The molecule has 1 N–H and O–H groups in total. The number of carbonyl (C=O) groups is 1. The van der Waals surface area contributed by atoms with Crippen LogP contribution in [0.4, 0.5) is 5.95 Å². The van der Waals surface area contributed by atoms with Gasteiger partial charge in [-0.2, -0.15) is 4.68 Å². The zero-order chi connectivity index (χ0) is 17.4. The average molecular weight is 408 g/mol. The Morgan fingerprint density at radius 3 is 2.88 bits per heavy atom. The fourth-order valence-corrected chi connectivity index (χ4v) is 3.73. The number of fused-ring (bicyclic) bond motifs is 1. The van der Waals surface area contributed by atoms with E-state index < -0.39 is 6.04 Å². The zero-order valence-electron chi connectivity index (χ0n) is 13.7. The number of hydrogen-bond acceptors (Lipinski definition) is 7. The van der Waals surface area contributed by atoms with E-state index in [0.29, 0.717) is 27.6 Å². The van der Waals surface area contributed by atoms with Crippen LogP contribution >= 0.6 is 15.9 Å². The second-order valence-electron chi connectivity index (χ2n) is 6.32. The van der Waals surface area contributed by atoms with Gasteiger partial charge in [-0.3, -0.25) is 0 Å². The first-order valence-electron chi connectivity index (χ1n) is 8.35. The maximum atomic E-state index is 12.9. The van der Waals surface area contributed by atoms with Crippen LogP contribution in [0.25, 0.3) is 0 Å². The first kappa shape index (κ1) is 16.3. The highest BCUT2D eigenvalue weighted by atomic mass is 79.9. The van der Waals surface area contributed by atoms with Gasteiger partial charge >= 0.3 is 5.97 Å². The second kappa shape index (κ2) is 6.62. The maximum absolute atomic E-state index is 12.9. The third-order valence-electron chi connectivity index (χ3n) is 4.62. The van der Waals surface area contributed by atoms with Crippen LogP contribution in [0.5, 0.6) is 0 Å². The normalized spacial score (nSPS) is 21.0. The Balaban J connectivity index is 1.68. The maximum Gasteiger partial charge on any atom is 0.338 e. The first-order valence-corrected chi connectivity index (χ1v) is 9.14. The van der Waals surface area contributed by atoms with E-state index in [-0.39, 0.29) is 12.1 Å². The molecule has 0 aromatic carbocycles. The molecule has 132 valence electrons. The summed E-state index contributed by atoms with van der Waals surface area (Å²) in [4.78, 5) is 12.9. The van der Waals surface area contributed by atoms with E-state index >= 15 is 0 Å². The molecule has 2 aromatic heterocycles. The van der Waals surface area contributed by atoms with E-state index in [1.54, 1.807) is 12.1 Å². The molecular weight excluding hydrogens is 390 g/mol. The monoisotopic (exact) mass is 407 g/mol. The average Bonchev–Trinajstić information content (AvgIpc) is 3.23. The van der Waals surface area contributed by atoms with Crippen LogP contribution in [0.2, 0.25) is 0 Å². The summed E-state index contributed by atoms with van der Waals surface area (Å²) >= 11 is 3.31. The Morgan fingerprint density at radius 1 is 1.36 bits per heavy atom. The van der Waals surface area contributed by atoms with Crippen molar-refractivity contribution in [2.75, 3.05) is 5.32 Å². The van der Waals surface area contributed by atoms with E-state index in [0.717, 1.165) is 25.7 Å². The predicted octanol–water partition coefficient (Wildman–Crippen LogP) is 3.19. The zero-order valence-corrected chi connectivity index (χ0v) is 15.3. The summed E-state index contributed by atoms with van der Waals surface area (Å²) in [5.74, 6) is 0.677. The molecule has 2 aromatic rings. The smallest absolute Gasteiger partial charge is 0.338 e. The highest BCUT2D eigenvalue weighted by molar-refractivity contribution is 9.10. The number of furan rings is 1. The van der Waals surface area contributed by atoms with Crippen LogP contribution in [0, 0.1) is 0 Å². The van der Waals surface area contributed by atoms with Crippen LogP contribution < -0.4 is 5.32 Å². The van der Waals surface area contributed by atoms with Crippen LogP contribution in [0.15, 0.2) is 32.5 Å². The van der Waals surface area contributed by atoms with Gasteiger partial charge in [0.1, 0.15) is 17.9 Å². The molecule has 1 aliphatic heterocycles. The first-order chi connectivity index (χ1) is 12.1. The molecule has 8 nitrogen and oxygen atoms in total. The van der Waals surface area contributed by atoms with Crippen LogP contribution in [0.1, 0.15) is 50.8 Å². The number of allylic oxidation sites excluding steroid dienone is 1. The van der Waals surface area contributed by atoms with Gasteiger partial charge in [0, 0.05) is 5.70 Å². The minimum atomic E-state index is -0.561. The molecular formula is C16H18BrN5O3. The highest BCUT2D eigenvalue weighted by Gasteiger charge is 2.37. The largest absolute Gasteiger partial charge is 0.459 e. The molecule has 2 aliphatic rings. The number of ether oxygens (including phenoxy) is 1. The molecule has 1 aliphatic carbocycles. The Kier molecular flexibility index (Phi) is 4.32. The standard InChI is InChI=1S/C16H18BrN5O3/c1-9-13(15(23)24-10-5-3-2-4-6-10)14(11-7-8-12(17)25-11)22-16(18-9)19-20-21-22/h7-8,10,14H,2-6H2,1H3,(H,18,19,21). The summed E-state index contributed by atoms with van der Waals surface area (Å²) in [5, 5.41) is 14.7. The third kappa shape index (κ3) is 3.08. The van der Waals surface area contributed by atoms with Crippen molar-refractivity contribution >= 4 is 27.8 Å². The predicted molar refractivity (Wildman–Crippen MR) is 91.7 cm³/mol. The highest BCUT2D eigenvalue weighted by Crippen LogP contribution is 2.37. The molecule has 0 bridgehead atoms. The van der Waals surface area contributed by atoms with Crippen molar-refractivity contribution in [1.29, 1.82) is 0 Å². The number of rotatable bonds is 3. The second-order valence-corrected chi connectivity index (χ2v) is 7.10. The lowest BCUT2D eigenvalue weighted by Crippen LogP contribution is -2.31. The molecule has 0 saturated heterocycles. The number of esters is 1. The Hall–Kier alpha value is -2.16. The number of nitrogens with one attached hydrogen (secondary N) is 1. The van der Waals surface area contributed by atoms with Gasteiger partial charge in [-0.25, -0.2) is 4.79 Å². The van der Waals surface area contributed by atoms with Gasteiger partial charge in [0.2, 0.25) is 5.95 Å². The fraction of sp³-hybridized carbons (Fsp3) is 0.500. The summed E-state index contributed by atoms with van der Waals surface area (Å²) in [6.45, 7) is 1.82. The number of nitrogens with zero attached hydrogens (tertiary/aromatic N) is 4. The molecule has 3 heterocycles. The van der Waals surface area contributed by atoms with Crippen LogP contribution in [-0.2, 0) is 9.53 Å². The quantitative estimate of drug-likeness (QED) is 0.780. The number of tetrazole rings is 1. The summed E-state index contributed by atoms with van der Waals surface area (Å²) in [5.41, 5.74) is 1.13. The molecule has 1 saturated carbocycles. The van der Waals surface area contributed by atoms with E-state index in [9.17, 15) is 4.79 Å². The summed E-state index contributed by atoms with van der Waals surface area (Å²) in [7, 11) is 0. The number of halogens is 1. The third-order valence-corrected chi connectivity index (χ3v) is 5.05. The summed E-state index contributed by atoms with van der Waals surface area (Å²) in [6, 6.07) is 3.02. The van der Waals surface area contributed by atoms with Crippen molar-refractivity contribution in [3.8, 4) is 0 Å². The van der Waals surface area contributed by atoms with Crippen molar-refractivity contribution in [3.05, 3.63) is 33.8 Å². The fourth-order valence-electron chi connectivity index (χ4n) is 3.41. The number of carbonyl (C=O) groups excluding carboxylic acids is 1. The molecule has 25 heavy (non-hydrogen) atoms. The lowest BCUT2D eigenvalue weighted by atomic mass is 9.97. The van der Waals surface area contributed by atoms with Crippen molar-refractivity contribution in [1.82, 2.24) is 20.2 Å².